The number of hydrogen-bond donors (Lipinski definition) is 1. The van der Waals surface area contributed by atoms with Gasteiger partial charge in [0, 0.05) is 25.3 Å². The van der Waals surface area contributed by atoms with Crippen LogP contribution in [-0.4, -0.2) is 25.1 Å². The molecule has 1 N–H and O–H groups in total. The molecule has 2 rings (SSSR count). The van der Waals surface area contributed by atoms with Crippen LogP contribution in [0, 0.1) is 11.8 Å². The van der Waals surface area contributed by atoms with Crippen molar-refractivity contribution in [3.8, 4) is 0 Å². The summed E-state index contributed by atoms with van der Waals surface area (Å²) in [7, 11) is 2.00. The topological polar surface area (TPSA) is 28.2 Å². The molecule has 2 unspecified atom stereocenters. The Kier molecular flexibility index (Phi) is 5.41. The summed E-state index contributed by atoms with van der Waals surface area (Å²) in [6.07, 6.45) is 5.89. The predicted molar refractivity (Wildman–Crippen MR) is 86.1 cm³/mol. The van der Waals surface area contributed by atoms with Crippen molar-refractivity contribution in [3.05, 3.63) is 23.9 Å². The number of aromatic nitrogens is 1. The van der Waals surface area contributed by atoms with Gasteiger partial charge in [0.25, 0.3) is 0 Å². The second-order valence-corrected chi connectivity index (χ2v) is 6.38. The van der Waals surface area contributed by atoms with Crippen molar-refractivity contribution in [3.63, 3.8) is 0 Å². The Labute approximate surface area is 123 Å². The molecule has 20 heavy (non-hydrogen) atoms. The van der Waals surface area contributed by atoms with E-state index in [1.807, 2.05) is 13.2 Å². The van der Waals surface area contributed by atoms with Crippen LogP contribution in [0.4, 0.5) is 5.82 Å². The van der Waals surface area contributed by atoms with Gasteiger partial charge in [-0.25, -0.2) is 4.98 Å². The molecular formula is C17H29N3. The van der Waals surface area contributed by atoms with Crippen LogP contribution in [0.1, 0.15) is 51.6 Å². The number of hydrogen-bond acceptors (Lipinski definition) is 3. The Morgan fingerprint density at radius 2 is 2.05 bits per heavy atom. The van der Waals surface area contributed by atoms with Crippen LogP contribution in [-0.2, 0) is 0 Å². The third-order valence-corrected chi connectivity index (χ3v) is 4.74. The van der Waals surface area contributed by atoms with E-state index in [1.165, 1.54) is 24.8 Å². The molecule has 1 fully saturated rings. The van der Waals surface area contributed by atoms with Crippen molar-refractivity contribution in [1.29, 1.82) is 0 Å². The average molecular weight is 275 g/mol. The average Bonchev–Trinajstić information content (AvgIpc) is 2.72. The fraction of sp³-hybridized carbons (Fsp3) is 0.706. The number of nitrogens with zero attached hydrogens (tertiary/aromatic N) is 2. The highest BCUT2D eigenvalue weighted by atomic mass is 15.2. The standard InChI is InChI=1S/C17H29N3/c1-13(2)15-6-5-10-20(11-8-15)17-12-16(7-9-19-17)14(3)18-4/h7,9,12-15,18H,5-6,8,10-11H2,1-4H3. The third-order valence-electron chi connectivity index (χ3n) is 4.74. The molecule has 0 saturated carbocycles. The summed E-state index contributed by atoms with van der Waals surface area (Å²) in [5.41, 5.74) is 1.32. The van der Waals surface area contributed by atoms with Crippen LogP contribution < -0.4 is 10.2 Å². The SMILES string of the molecule is CNC(C)c1ccnc(N2CCCC(C(C)C)CC2)c1. The fourth-order valence-electron chi connectivity index (χ4n) is 3.06. The predicted octanol–water partition coefficient (Wildman–Crippen LogP) is 3.62. The van der Waals surface area contributed by atoms with Crippen molar-refractivity contribution in [2.24, 2.45) is 11.8 Å². The van der Waals surface area contributed by atoms with Gasteiger partial charge in [0.05, 0.1) is 0 Å². The number of anilines is 1. The van der Waals surface area contributed by atoms with E-state index in [9.17, 15) is 0 Å². The van der Waals surface area contributed by atoms with Gasteiger partial charge in [-0.2, -0.15) is 0 Å². The molecule has 0 bridgehead atoms. The van der Waals surface area contributed by atoms with Crippen LogP contribution in [0.25, 0.3) is 0 Å². The lowest BCUT2D eigenvalue weighted by Crippen LogP contribution is -2.26. The van der Waals surface area contributed by atoms with Crippen molar-refractivity contribution in [2.45, 2.75) is 46.1 Å². The molecule has 3 heteroatoms. The summed E-state index contributed by atoms with van der Waals surface area (Å²) in [6.45, 7) is 9.19. The normalized spacial score (nSPS) is 21.9. The first-order valence-corrected chi connectivity index (χ1v) is 8.00. The van der Waals surface area contributed by atoms with Crippen molar-refractivity contribution >= 4 is 5.82 Å². The number of nitrogens with one attached hydrogen (secondary N) is 1. The van der Waals surface area contributed by atoms with Gasteiger partial charge in [-0.15, -0.1) is 0 Å². The van der Waals surface area contributed by atoms with Crippen molar-refractivity contribution in [2.75, 3.05) is 25.0 Å². The highest BCUT2D eigenvalue weighted by Crippen LogP contribution is 2.27. The quantitative estimate of drug-likeness (QED) is 0.909. The smallest absolute Gasteiger partial charge is 0.128 e. The van der Waals surface area contributed by atoms with Gasteiger partial charge in [-0.3, -0.25) is 0 Å². The molecule has 1 saturated heterocycles. The second-order valence-electron chi connectivity index (χ2n) is 6.38. The monoisotopic (exact) mass is 275 g/mol. The second kappa shape index (κ2) is 7.07. The fourth-order valence-corrected chi connectivity index (χ4v) is 3.06. The molecule has 0 radical (unpaired) electrons. The lowest BCUT2D eigenvalue weighted by Gasteiger charge is -2.23. The summed E-state index contributed by atoms with van der Waals surface area (Å²) in [5, 5.41) is 3.30. The maximum absolute atomic E-state index is 4.59. The summed E-state index contributed by atoms with van der Waals surface area (Å²) in [5.74, 6) is 2.83. The van der Waals surface area contributed by atoms with Gasteiger partial charge < -0.3 is 10.2 Å². The van der Waals surface area contributed by atoms with E-state index in [1.54, 1.807) is 0 Å². The van der Waals surface area contributed by atoms with Crippen LogP contribution >= 0.6 is 0 Å². The molecule has 112 valence electrons. The van der Waals surface area contributed by atoms with E-state index in [0.29, 0.717) is 6.04 Å². The van der Waals surface area contributed by atoms with E-state index in [0.717, 1.165) is 30.7 Å². The summed E-state index contributed by atoms with van der Waals surface area (Å²) < 4.78 is 0. The Bertz CT molecular complexity index is 416. The van der Waals surface area contributed by atoms with Gasteiger partial charge in [0.2, 0.25) is 0 Å². The Morgan fingerprint density at radius 3 is 2.75 bits per heavy atom. The largest absolute Gasteiger partial charge is 0.357 e. The zero-order chi connectivity index (χ0) is 14.5. The molecule has 1 aliphatic rings. The maximum Gasteiger partial charge on any atom is 0.128 e. The van der Waals surface area contributed by atoms with Gasteiger partial charge in [0.15, 0.2) is 0 Å². The maximum atomic E-state index is 4.59. The first-order chi connectivity index (χ1) is 9.61. The molecule has 2 atom stereocenters. The van der Waals surface area contributed by atoms with Gasteiger partial charge in [-0.1, -0.05) is 13.8 Å². The highest BCUT2D eigenvalue weighted by Gasteiger charge is 2.20. The molecule has 1 aliphatic heterocycles. The van der Waals surface area contributed by atoms with Gasteiger partial charge in [-0.05, 0) is 62.8 Å². The van der Waals surface area contributed by atoms with E-state index in [-0.39, 0.29) is 0 Å². The van der Waals surface area contributed by atoms with Crippen molar-refractivity contribution < 1.29 is 0 Å². The van der Waals surface area contributed by atoms with E-state index in [4.69, 9.17) is 0 Å². The van der Waals surface area contributed by atoms with E-state index >= 15 is 0 Å². The molecule has 2 heterocycles. The van der Waals surface area contributed by atoms with E-state index in [2.05, 4.69) is 48.1 Å². The lowest BCUT2D eigenvalue weighted by molar-refractivity contribution is 0.351. The minimum Gasteiger partial charge on any atom is -0.357 e. The van der Waals surface area contributed by atoms with Crippen LogP contribution in [0.5, 0.6) is 0 Å². The molecular weight excluding hydrogens is 246 g/mol. The Balaban J connectivity index is 2.07. The Morgan fingerprint density at radius 1 is 1.25 bits per heavy atom. The minimum atomic E-state index is 0.382. The van der Waals surface area contributed by atoms with Crippen LogP contribution in [0.15, 0.2) is 18.3 Å². The molecule has 0 aromatic carbocycles. The number of rotatable bonds is 4. The molecule has 1 aromatic heterocycles. The van der Waals surface area contributed by atoms with Crippen LogP contribution in [0.3, 0.4) is 0 Å². The minimum absolute atomic E-state index is 0.382. The Hall–Kier alpha value is -1.09. The lowest BCUT2D eigenvalue weighted by atomic mass is 9.89. The highest BCUT2D eigenvalue weighted by molar-refractivity contribution is 5.42. The molecule has 1 aromatic rings. The van der Waals surface area contributed by atoms with E-state index < -0.39 is 0 Å². The zero-order valence-corrected chi connectivity index (χ0v) is 13.4. The summed E-state index contributed by atoms with van der Waals surface area (Å²) in [4.78, 5) is 7.06. The van der Waals surface area contributed by atoms with Gasteiger partial charge >= 0.3 is 0 Å². The van der Waals surface area contributed by atoms with Gasteiger partial charge in [0.1, 0.15) is 5.82 Å². The number of pyridine rings is 1. The molecule has 0 spiro atoms. The van der Waals surface area contributed by atoms with Crippen molar-refractivity contribution in [1.82, 2.24) is 10.3 Å². The summed E-state index contributed by atoms with van der Waals surface area (Å²) >= 11 is 0. The summed E-state index contributed by atoms with van der Waals surface area (Å²) in [6, 6.07) is 4.74. The molecule has 3 nitrogen and oxygen atoms in total. The first-order valence-electron chi connectivity index (χ1n) is 8.00. The molecule has 0 aliphatic carbocycles. The third kappa shape index (κ3) is 3.72. The zero-order valence-electron chi connectivity index (χ0n) is 13.4. The van der Waals surface area contributed by atoms with Crippen LogP contribution in [0.2, 0.25) is 0 Å². The first kappa shape index (κ1) is 15.3. The molecule has 0 amide bonds.